The summed E-state index contributed by atoms with van der Waals surface area (Å²) >= 11 is 3.22. The summed E-state index contributed by atoms with van der Waals surface area (Å²) in [6, 6.07) is 0. The fourth-order valence-electron chi connectivity index (χ4n) is 0.442. The first-order valence-corrected chi connectivity index (χ1v) is 3.77. The standard InChI is InChI=1S/C7H13BrO/c1-6(8)4-5-7(2,3)9/h9H,1,4-5H2,2-3H3. The van der Waals surface area contributed by atoms with Crippen LogP contribution in [0.25, 0.3) is 0 Å². The third-order valence-electron chi connectivity index (χ3n) is 1.01. The lowest BCUT2D eigenvalue weighted by Gasteiger charge is -2.15. The minimum Gasteiger partial charge on any atom is -0.390 e. The summed E-state index contributed by atoms with van der Waals surface area (Å²) in [6.07, 6.45) is 1.60. The van der Waals surface area contributed by atoms with E-state index in [1.165, 1.54) is 0 Å². The molecule has 0 aromatic carbocycles. The number of allylic oxidation sites excluding steroid dienone is 1. The summed E-state index contributed by atoms with van der Waals surface area (Å²) in [5, 5.41) is 9.20. The highest BCUT2D eigenvalue weighted by Gasteiger charge is 2.11. The maximum Gasteiger partial charge on any atom is 0.0595 e. The number of halogens is 1. The first-order chi connectivity index (χ1) is 3.92. The molecule has 0 heterocycles. The second-order valence-corrected chi connectivity index (χ2v) is 3.95. The van der Waals surface area contributed by atoms with Gasteiger partial charge in [0.25, 0.3) is 0 Å². The zero-order valence-corrected chi connectivity index (χ0v) is 7.53. The molecule has 1 nitrogen and oxygen atoms in total. The predicted molar refractivity (Wildman–Crippen MR) is 43.6 cm³/mol. The fraction of sp³-hybridized carbons (Fsp3) is 0.714. The monoisotopic (exact) mass is 192 g/mol. The Morgan fingerprint density at radius 1 is 1.67 bits per heavy atom. The van der Waals surface area contributed by atoms with Gasteiger partial charge in [-0.15, -0.1) is 0 Å². The van der Waals surface area contributed by atoms with E-state index in [2.05, 4.69) is 22.5 Å². The van der Waals surface area contributed by atoms with E-state index in [-0.39, 0.29) is 0 Å². The van der Waals surface area contributed by atoms with Crippen molar-refractivity contribution in [2.75, 3.05) is 0 Å². The highest BCUT2D eigenvalue weighted by atomic mass is 79.9. The van der Waals surface area contributed by atoms with Crippen LogP contribution in [-0.4, -0.2) is 10.7 Å². The molecular weight excluding hydrogens is 180 g/mol. The molecule has 0 aromatic heterocycles. The van der Waals surface area contributed by atoms with Crippen LogP contribution in [0, 0.1) is 0 Å². The quantitative estimate of drug-likeness (QED) is 0.729. The van der Waals surface area contributed by atoms with Gasteiger partial charge < -0.3 is 5.11 Å². The third-order valence-corrected chi connectivity index (χ3v) is 1.40. The molecule has 0 unspecified atom stereocenters. The van der Waals surface area contributed by atoms with Crippen LogP contribution < -0.4 is 0 Å². The molecule has 0 saturated heterocycles. The van der Waals surface area contributed by atoms with Crippen molar-refractivity contribution in [2.45, 2.75) is 32.3 Å². The van der Waals surface area contributed by atoms with Crippen LogP contribution in [0.5, 0.6) is 0 Å². The summed E-state index contributed by atoms with van der Waals surface area (Å²) < 4.78 is 0.949. The number of hydrogen-bond donors (Lipinski definition) is 1. The molecule has 0 atom stereocenters. The Kier molecular flexibility index (Phi) is 3.44. The highest BCUT2D eigenvalue weighted by molar-refractivity contribution is 9.11. The van der Waals surface area contributed by atoms with Crippen molar-refractivity contribution < 1.29 is 5.11 Å². The Hall–Kier alpha value is 0.180. The summed E-state index contributed by atoms with van der Waals surface area (Å²) in [5.74, 6) is 0. The van der Waals surface area contributed by atoms with E-state index < -0.39 is 5.60 Å². The molecule has 2 heteroatoms. The molecule has 0 spiro atoms. The Bertz CT molecular complexity index is 102. The Morgan fingerprint density at radius 3 is 2.22 bits per heavy atom. The molecule has 1 N–H and O–H groups in total. The maximum atomic E-state index is 9.20. The van der Waals surface area contributed by atoms with Crippen LogP contribution in [0.3, 0.4) is 0 Å². The van der Waals surface area contributed by atoms with E-state index in [0.717, 1.165) is 17.3 Å². The van der Waals surface area contributed by atoms with Gasteiger partial charge in [0.2, 0.25) is 0 Å². The normalized spacial score (nSPS) is 11.6. The van der Waals surface area contributed by atoms with Crippen LogP contribution in [0.15, 0.2) is 11.1 Å². The van der Waals surface area contributed by atoms with Gasteiger partial charge >= 0.3 is 0 Å². The van der Waals surface area contributed by atoms with Crippen molar-refractivity contribution in [1.82, 2.24) is 0 Å². The van der Waals surface area contributed by atoms with Crippen LogP contribution in [0.2, 0.25) is 0 Å². The van der Waals surface area contributed by atoms with Gasteiger partial charge in [0.1, 0.15) is 0 Å². The molecule has 0 radical (unpaired) electrons. The Labute approximate surface area is 64.9 Å². The Balaban J connectivity index is 3.39. The molecule has 0 saturated carbocycles. The molecule has 0 fully saturated rings. The average molecular weight is 193 g/mol. The number of aliphatic hydroxyl groups is 1. The van der Waals surface area contributed by atoms with E-state index in [1.807, 2.05) is 0 Å². The largest absolute Gasteiger partial charge is 0.390 e. The van der Waals surface area contributed by atoms with Gasteiger partial charge in [-0.05, 0) is 31.2 Å². The Morgan fingerprint density at radius 2 is 2.11 bits per heavy atom. The molecule has 0 aliphatic carbocycles. The molecule has 0 rings (SSSR count). The SMILES string of the molecule is C=C(Br)CCC(C)(C)O. The van der Waals surface area contributed by atoms with Gasteiger partial charge in [-0.1, -0.05) is 22.5 Å². The van der Waals surface area contributed by atoms with Gasteiger partial charge in [-0.25, -0.2) is 0 Å². The minimum absolute atomic E-state index is 0.559. The first kappa shape index (κ1) is 9.18. The van der Waals surface area contributed by atoms with Gasteiger partial charge in [0.05, 0.1) is 5.60 Å². The van der Waals surface area contributed by atoms with Crippen molar-refractivity contribution >= 4 is 15.9 Å². The molecule has 0 aliphatic rings. The van der Waals surface area contributed by atoms with Crippen molar-refractivity contribution in [3.05, 3.63) is 11.1 Å². The van der Waals surface area contributed by atoms with E-state index in [0.29, 0.717) is 0 Å². The number of rotatable bonds is 3. The molecule has 0 amide bonds. The molecule has 0 bridgehead atoms. The van der Waals surface area contributed by atoms with Crippen molar-refractivity contribution in [1.29, 1.82) is 0 Å². The molecule has 54 valence electrons. The van der Waals surface area contributed by atoms with E-state index in [1.54, 1.807) is 13.8 Å². The lowest BCUT2D eigenvalue weighted by atomic mass is 10.0. The second-order valence-electron chi connectivity index (χ2n) is 2.83. The molecule has 0 aliphatic heterocycles. The van der Waals surface area contributed by atoms with Crippen LogP contribution in [-0.2, 0) is 0 Å². The van der Waals surface area contributed by atoms with E-state index in [9.17, 15) is 5.11 Å². The minimum atomic E-state index is -0.559. The van der Waals surface area contributed by atoms with E-state index >= 15 is 0 Å². The molecular formula is C7H13BrO. The average Bonchev–Trinajstić information content (AvgIpc) is 1.59. The summed E-state index contributed by atoms with van der Waals surface area (Å²) in [6.45, 7) is 7.25. The zero-order chi connectivity index (χ0) is 7.49. The maximum absolute atomic E-state index is 9.20. The van der Waals surface area contributed by atoms with Gasteiger partial charge in [-0.3, -0.25) is 0 Å². The second kappa shape index (κ2) is 3.37. The van der Waals surface area contributed by atoms with Crippen LogP contribution in [0.1, 0.15) is 26.7 Å². The van der Waals surface area contributed by atoms with Crippen molar-refractivity contribution in [3.63, 3.8) is 0 Å². The first-order valence-electron chi connectivity index (χ1n) is 2.97. The third kappa shape index (κ3) is 8.18. The fourth-order valence-corrected chi connectivity index (χ4v) is 0.640. The van der Waals surface area contributed by atoms with Crippen molar-refractivity contribution in [3.8, 4) is 0 Å². The topological polar surface area (TPSA) is 20.2 Å². The van der Waals surface area contributed by atoms with Crippen LogP contribution >= 0.6 is 15.9 Å². The lowest BCUT2D eigenvalue weighted by Crippen LogP contribution is -2.17. The van der Waals surface area contributed by atoms with Crippen LogP contribution in [0.4, 0.5) is 0 Å². The lowest BCUT2D eigenvalue weighted by molar-refractivity contribution is 0.0720. The zero-order valence-electron chi connectivity index (χ0n) is 5.95. The van der Waals surface area contributed by atoms with Gasteiger partial charge in [0, 0.05) is 0 Å². The smallest absolute Gasteiger partial charge is 0.0595 e. The predicted octanol–water partition coefficient (Wildman–Crippen LogP) is 2.45. The molecule has 9 heavy (non-hydrogen) atoms. The highest BCUT2D eigenvalue weighted by Crippen LogP contribution is 2.17. The number of hydrogen-bond acceptors (Lipinski definition) is 1. The van der Waals surface area contributed by atoms with Crippen molar-refractivity contribution in [2.24, 2.45) is 0 Å². The van der Waals surface area contributed by atoms with Gasteiger partial charge in [-0.2, -0.15) is 0 Å². The van der Waals surface area contributed by atoms with E-state index in [4.69, 9.17) is 0 Å². The summed E-state index contributed by atoms with van der Waals surface area (Å²) in [4.78, 5) is 0. The summed E-state index contributed by atoms with van der Waals surface area (Å²) in [5.41, 5.74) is -0.559. The van der Waals surface area contributed by atoms with Gasteiger partial charge in [0.15, 0.2) is 0 Å². The summed E-state index contributed by atoms with van der Waals surface area (Å²) in [7, 11) is 0. The molecule has 0 aromatic rings.